The molecule has 0 bridgehead atoms. The Kier molecular flexibility index (Phi) is 5.37. The van der Waals surface area contributed by atoms with E-state index in [1.807, 2.05) is 29.8 Å². The van der Waals surface area contributed by atoms with Gasteiger partial charge in [-0.25, -0.2) is 4.79 Å². The molecule has 0 unspecified atom stereocenters. The predicted molar refractivity (Wildman–Crippen MR) is 128 cm³/mol. The first-order chi connectivity index (χ1) is 15.6. The number of hydrogen-bond acceptors (Lipinski definition) is 4. The number of esters is 1. The van der Waals surface area contributed by atoms with Crippen LogP contribution in [0.25, 0.3) is 33.5 Å². The number of para-hydroxylation sites is 1. The molecule has 0 aliphatic heterocycles. The van der Waals surface area contributed by atoms with Crippen molar-refractivity contribution in [2.24, 2.45) is 7.05 Å². The molecule has 32 heavy (non-hydrogen) atoms. The molecule has 0 spiro atoms. The van der Waals surface area contributed by atoms with Crippen LogP contribution in [0, 0.1) is 0 Å². The number of aromatic nitrogens is 2. The summed E-state index contributed by atoms with van der Waals surface area (Å²) < 4.78 is 16.5. The Hall–Kier alpha value is -3.64. The van der Waals surface area contributed by atoms with Crippen LogP contribution in [0.3, 0.4) is 0 Å². The number of thiazole rings is 1. The van der Waals surface area contributed by atoms with E-state index in [1.54, 1.807) is 24.3 Å². The van der Waals surface area contributed by atoms with Crippen molar-refractivity contribution in [3.8, 4) is 0 Å². The van der Waals surface area contributed by atoms with Crippen LogP contribution in [0.2, 0.25) is 0 Å². The van der Waals surface area contributed by atoms with E-state index in [0.29, 0.717) is 17.9 Å². The summed E-state index contributed by atoms with van der Waals surface area (Å²) in [7, 11) is 1.84. The highest BCUT2D eigenvalue weighted by Crippen LogP contribution is 2.26. The fraction of sp³-hybridized carbons (Fsp3) is 0.154. The lowest BCUT2D eigenvalue weighted by atomic mass is 10.2. The maximum Gasteiger partial charge on any atom is 0.355 e. The van der Waals surface area contributed by atoms with Crippen molar-refractivity contribution in [2.45, 2.75) is 13.5 Å². The number of nitrogens with zero attached hydrogens (tertiary/aromatic N) is 2. The quantitative estimate of drug-likeness (QED) is 0.251. The molecule has 5 aromatic rings. The van der Waals surface area contributed by atoms with E-state index in [1.165, 1.54) is 15.8 Å². The van der Waals surface area contributed by atoms with Gasteiger partial charge in [-0.1, -0.05) is 53.8 Å². The zero-order valence-corrected chi connectivity index (χ0v) is 18.8. The van der Waals surface area contributed by atoms with Gasteiger partial charge in [-0.15, -0.1) is 0 Å². The molecule has 6 heteroatoms. The Morgan fingerprint density at radius 1 is 1.09 bits per heavy atom. The number of furan rings is 1. The second kappa shape index (κ2) is 8.48. The molecule has 5 nitrogen and oxygen atoms in total. The lowest BCUT2D eigenvalue weighted by Crippen LogP contribution is -2.35. The number of fused-ring (bicyclic) bond motifs is 2. The smallest absolute Gasteiger partial charge is 0.355 e. The SMILES string of the molecule is CCOC(=O)c1cc2oc(/C=C/c3sc4ccccc4[n+]3Cc3ccccc3)cc2n1C. The third-order valence-electron chi connectivity index (χ3n) is 5.44. The molecular formula is C26H23N2O3S+. The van der Waals surface area contributed by atoms with E-state index in [2.05, 4.69) is 59.2 Å². The van der Waals surface area contributed by atoms with Gasteiger partial charge in [0, 0.05) is 36.9 Å². The standard InChI is InChI=1S/C26H23N2O3S/c1-3-30-26(29)22-16-23-21(27(22)2)15-19(31-23)13-14-25-28(17-18-9-5-4-6-10-18)20-11-7-8-12-24(20)32-25/h4-16H,3,17H2,1-2H3/q+1. The van der Waals surface area contributed by atoms with Crippen molar-refractivity contribution in [2.75, 3.05) is 6.61 Å². The van der Waals surface area contributed by atoms with Crippen molar-refractivity contribution < 1.29 is 18.5 Å². The third kappa shape index (κ3) is 3.74. The van der Waals surface area contributed by atoms with E-state index in [-0.39, 0.29) is 5.97 Å². The van der Waals surface area contributed by atoms with Gasteiger partial charge in [0.2, 0.25) is 5.52 Å². The molecule has 5 rings (SSSR count). The Morgan fingerprint density at radius 3 is 2.66 bits per heavy atom. The molecular weight excluding hydrogens is 420 g/mol. The fourth-order valence-corrected chi connectivity index (χ4v) is 4.94. The van der Waals surface area contributed by atoms with Gasteiger partial charge in [0.05, 0.1) is 12.1 Å². The molecule has 160 valence electrons. The molecule has 0 fully saturated rings. The Labute approximate surface area is 189 Å². The van der Waals surface area contributed by atoms with Crippen LogP contribution < -0.4 is 4.57 Å². The highest BCUT2D eigenvalue weighted by atomic mass is 32.1. The summed E-state index contributed by atoms with van der Waals surface area (Å²) >= 11 is 1.75. The molecule has 0 amide bonds. The van der Waals surface area contributed by atoms with Gasteiger partial charge in [-0.05, 0) is 19.1 Å². The van der Waals surface area contributed by atoms with E-state index >= 15 is 0 Å². The maximum absolute atomic E-state index is 12.1. The van der Waals surface area contributed by atoms with Crippen LogP contribution in [0.4, 0.5) is 0 Å². The topological polar surface area (TPSA) is 48.2 Å². The van der Waals surface area contributed by atoms with Gasteiger partial charge in [0.1, 0.15) is 16.2 Å². The number of carbonyl (C=O) groups is 1. The van der Waals surface area contributed by atoms with Crippen molar-refractivity contribution in [1.29, 1.82) is 0 Å². The monoisotopic (exact) mass is 443 g/mol. The second-order valence-corrected chi connectivity index (χ2v) is 8.58. The lowest BCUT2D eigenvalue weighted by molar-refractivity contribution is -0.659. The third-order valence-corrected chi connectivity index (χ3v) is 6.58. The molecule has 0 saturated carbocycles. The van der Waals surface area contributed by atoms with Crippen LogP contribution in [0.1, 0.15) is 33.7 Å². The second-order valence-electron chi connectivity index (χ2n) is 7.52. The molecule has 3 heterocycles. The zero-order valence-electron chi connectivity index (χ0n) is 17.9. The van der Waals surface area contributed by atoms with Crippen LogP contribution in [0.15, 0.2) is 71.1 Å². The predicted octanol–water partition coefficient (Wildman–Crippen LogP) is 5.67. The summed E-state index contributed by atoms with van der Waals surface area (Å²) in [6, 6.07) is 22.6. The first-order valence-electron chi connectivity index (χ1n) is 10.5. The summed E-state index contributed by atoms with van der Waals surface area (Å²) in [5.74, 6) is 0.399. The van der Waals surface area contributed by atoms with Crippen molar-refractivity contribution in [1.82, 2.24) is 4.57 Å². The Bertz CT molecular complexity index is 1440. The maximum atomic E-state index is 12.1. The van der Waals surface area contributed by atoms with Crippen LogP contribution in [-0.4, -0.2) is 17.1 Å². The van der Waals surface area contributed by atoms with Crippen molar-refractivity contribution in [3.63, 3.8) is 0 Å². The first-order valence-corrected chi connectivity index (χ1v) is 11.4. The molecule has 0 N–H and O–H groups in total. The van der Waals surface area contributed by atoms with E-state index in [0.717, 1.165) is 22.8 Å². The fourth-order valence-electron chi connectivity index (χ4n) is 3.87. The molecule has 0 saturated heterocycles. The van der Waals surface area contributed by atoms with Crippen molar-refractivity contribution >= 4 is 50.8 Å². The van der Waals surface area contributed by atoms with Crippen molar-refractivity contribution in [3.05, 3.63) is 88.8 Å². The number of benzene rings is 2. The minimum atomic E-state index is -0.342. The average molecular weight is 444 g/mol. The molecule has 0 aliphatic carbocycles. The molecule has 3 aromatic heterocycles. The summed E-state index contributed by atoms with van der Waals surface area (Å²) in [5, 5.41) is 1.14. The first kappa shape index (κ1) is 20.3. The van der Waals surface area contributed by atoms with Gasteiger partial charge in [0.25, 0.3) is 5.01 Å². The normalized spacial score (nSPS) is 11.7. The van der Waals surface area contributed by atoms with Gasteiger partial charge in [-0.3, -0.25) is 0 Å². The van der Waals surface area contributed by atoms with E-state index in [9.17, 15) is 4.79 Å². The summed E-state index contributed by atoms with van der Waals surface area (Å²) in [6.07, 6.45) is 4.08. The highest BCUT2D eigenvalue weighted by Gasteiger charge is 2.20. The Morgan fingerprint density at radius 2 is 1.88 bits per heavy atom. The molecule has 0 radical (unpaired) electrons. The van der Waals surface area contributed by atoms with E-state index in [4.69, 9.17) is 9.15 Å². The van der Waals surface area contributed by atoms with Gasteiger partial charge < -0.3 is 13.7 Å². The number of rotatable bonds is 6. The minimum Gasteiger partial charge on any atom is -0.461 e. The van der Waals surface area contributed by atoms with Gasteiger partial charge >= 0.3 is 5.97 Å². The molecule has 2 aromatic carbocycles. The largest absolute Gasteiger partial charge is 0.461 e. The number of aryl methyl sites for hydroxylation is 1. The number of hydrogen-bond donors (Lipinski definition) is 0. The summed E-state index contributed by atoms with van der Waals surface area (Å²) in [5.41, 5.74) is 4.49. The molecule has 0 aliphatic rings. The van der Waals surface area contributed by atoms with E-state index < -0.39 is 0 Å². The average Bonchev–Trinajstić information content (AvgIpc) is 3.46. The minimum absolute atomic E-state index is 0.342. The van der Waals surface area contributed by atoms with Crippen LogP contribution >= 0.6 is 11.3 Å². The van der Waals surface area contributed by atoms with Gasteiger partial charge in [-0.2, -0.15) is 4.57 Å². The summed E-state index contributed by atoms with van der Waals surface area (Å²) in [6.45, 7) is 2.94. The molecule has 0 atom stereocenters. The van der Waals surface area contributed by atoms with Gasteiger partial charge in [0.15, 0.2) is 12.1 Å². The zero-order chi connectivity index (χ0) is 22.1. The van der Waals surface area contributed by atoms with Crippen LogP contribution in [0.5, 0.6) is 0 Å². The lowest BCUT2D eigenvalue weighted by Gasteiger charge is -2.02. The Balaban J connectivity index is 1.49. The van der Waals surface area contributed by atoms with Crippen LogP contribution in [-0.2, 0) is 18.3 Å². The summed E-state index contributed by atoms with van der Waals surface area (Å²) in [4.78, 5) is 12.1. The number of ether oxygens (including phenoxy) is 1. The number of carbonyl (C=O) groups excluding carboxylic acids is 1. The highest BCUT2D eigenvalue weighted by molar-refractivity contribution is 7.18.